The molecule has 0 heterocycles. The van der Waals surface area contributed by atoms with Gasteiger partial charge in [0.1, 0.15) is 50.2 Å². The predicted octanol–water partition coefficient (Wildman–Crippen LogP) is -0.443. The zero-order chi connectivity index (χ0) is 32.6. The van der Waals surface area contributed by atoms with Gasteiger partial charge in [0, 0.05) is 0 Å². The predicted molar refractivity (Wildman–Crippen MR) is 164 cm³/mol. The SMILES string of the molecule is CCC(CC(C)O)OC(COCC(O)C[N+](C)(C)C)COC(COCC(O)C[N+](C)(C)C)COCC(O)C[N+](C)(C)C. The molecular formula is C30H68N3O9+3. The van der Waals surface area contributed by atoms with E-state index < -0.39 is 36.6 Å². The van der Waals surface area contributed by atoms with Crippen LogP contribution in [-0.2, 0) is 23.7 Å². The van der Waals surface area contributed by atoms with Crippen molar-refractivity contribution in [3.63, 3.8) is 0 Å². The summed E-state index contributed by atoms with van der Waals surface area (Å²) in [7, 11) is 18.1. The second-order valence-corrected chi connectivity index (χ2v) is 14.8. The minimum atomic E-state index is -0.619. The van der Waals surface area contributed by atoms with E-state index in [0.717, 1.165) is 6.42 Å². The molecule has 6 unspecified atom stereocenters. The molecule has 12 nitrogen and oxygen atoms in total. The first-order valence-electron chi connectivity index (χ1n) is 15.3. The van der Waals surface area contributed by atoms with Gasteiger partial charge in [0.15, 0.2) is 0 Å². The molecule has 0 spiro atoms. The molecule has 12 heteroatoms. The van der Waals surface area contributed by atoms with E-state index in [-0.39, 0.29) is 52.4 Å². The highest BCUT2D eigenvalue weighted by atomic mass is 16.6. The molecule has 6 atom stereocenters. The fraction of sp³-hybridized carbons (Fsp3) is 1.00. The normalized spacial score (nSPS) is 18.4. The molecule has 0 aliphatic rings. The number of quaternary nitrogens is 3. The molecule has 0 bridgehead atoms. The maximum absolute atomic E-state index is 10.4. The Morgan fingerprint density at radius 1 is 0.500 bits per heavy atom. The first-order chi connectivity index (χ1) is 19.2. The molecular weight excluding hydrogens is 546 g/mol. The molecule has 0 aromatic rings. The van der Waals surface area contributed by atoms with Crippen molar-refractivity contribution in [2.45, 2.75) is 69.4 Å². The summed E-state index contributed by atoms with van der Waals surface area (Å²) in [4.78, 5) is 0. The molecule has 0 rings (SSSR count). The second kappa shape index (κ2) is 20.5. The smallest absolute Gasteiger partial charge is 0.126 e. The van der Waals surface area contributed by atoms with E-state index in [2.05, 4.69) is 0 Å². The van der Waals surface area contributed by atoms with Gasteiger partial charge in [0.05, 0.1) is 122 Å². The Balaban J connectivity index is 5.29. The topological polar surface area (TPSA) is 127 Å². The van der Waals surface area contributed by atoms with Gasteiger partial charge >= 0.3 is 0 Å². The third-order valence-corrected chi connectivity index (χ3v) is 6.08. The third-order valence-electron chi connectivity index (χ3n) is 6.08. The van der Waals surface area contributed by atoms with Gasteiger partial charge in [0.2, 0.25) is 0 Å². The van der Waals surface area contributed by atoms with Crippen LogP contribution in [0.25, 0.3) is 0 Å². The van der Waals surface area contributed by atoms with Gasteiger partial charge in [-0.05, 0) is 19.8 Å². The van der Waals surface area contributed by atoms with Crippen LogP contribution in [0, 0.1) is 0 Å². The summed E-state index contributed by atoms with van der Waals surface area (Å²) in [6.45, 7) is 6.68. The third kappa shape index (κ3) is 26.0. The van der Waals surface area contributed by atoms with Crippen LogP contribution < -0.4 is 0 Å². The molecule has 254 valence electrons. The largest absolute Gasteiger partial charge is 0.393 e. The first-order valence-corrected chi connectivity index (χ1v) is 15.3. The standard InChI is InChI=1S/C30H68N3O9/c1-12-28(13-24(2)34)42-30(22-40-19-27(37)16-33(9,10)11)23-41-29(20-38-17-25(35)14-31(3,4)5)21-39-18-26(36)15-32(6,7)8/h24-30,34-37H,12-23H2,1-11H3/q+3. The van der Waals surface area contributed by atoms with Gasteiger partial charge in [-0.3, -0.25) is 0 Å². The van der Waals surface area contributed by atoms with Crippen molar-refractivity contribution in [3.8, 4) is 0 Å². The number of rotatable bonds is 26. The van der Waals surface area contributed by atoms with Crippen LogP contribution in [0.1, 0.15) is 26.7 Å². The first kappa shape index (κ1) is 41.5. The Kier molecular flexibility index (Phi) is 20.3. The van der Waals surface area contributed by atoms with Gasteiger partial charge < -0.3 is 57.6 Å². The molecule has 42 heavy (non-hydrogen) atoms. The van der Waals surface area contributed by atoms with E-state index in [9.17, 15) is 20.4 Å². The Bertz CT molecular complexity index is 638. The van der Waals surface area contributed by atoms with Crippen molar-refractivity contribution in [1.82, 2.24) is 0 Å². The fourth-order valence-electron chi connectivity index (χ4n) is 4.55. The Morgan fingerprint density at radius 2 is 0.857 bits per heavy atom. The molecule has 0 saturated heterocycles. The van der Waals surface area contributed by atoms with Crippen molar-refractivity contribution in [2.75, 3.05) is 129 Å². The number of ether oxygens (including phenoxy) is 5. The number of hydrogen-bond acceptors (Lipinski definition) is 9. The summed E-state index contributed by atoms with van der Waals surface area (Å²) >= 11 is 0. The van der Waals surface area contributed by atoms with E-state index in [1.807, 2.05) is 70.4 Å². The number of nitrogens with zero attached hydrogens (tertiary/aromatic N) is 3. The van der Waals surface area contributed by atoms with Crippen LogP contribution in [0.5, 0.6) is 0 Å². The van der Waals surface area contributed by atoms with E-state index in [4.69, 9.17) is 23.7 Å². The Hall–Kier alpha value is -0.480. The van der Waals surface area contributed by atoms with E-state index in [1.54, 1.807) is 6.92 Å². The maximum atomic E-state index is 10.4. The van der Waals surface area contributed by atoms with Gasteiger partial charge in [-0.2, -0.15) is 0 Å². The number of hydrogen-bond donors (Lipinski definition) is 4. The van der Waals surface area contributed by atoms with Gasteiger partial charge in [-0.15, -0.1) is 0 Å². The molecule has 0 saturated carbocycles. The van der Waals surface area contributed by atoms with Crippen molar-refractivity contribution in [2.24, 2.45) is 0 Å². The van der Waals surface area contributed by atoms with Crippen LogP contribution in [0.2, 0.25) is 0 Å². The summed E-state index contributed by atoms with van der Waals surface area (Å²) in [6, 6.07) is 0. The highest BCUT2D eigenvalue weighted by molar-refractivity contribution is 4.68. The molecule has 0 aliphatic heterocycles. The summed E-state index contributed by atoms with van der Waals surface area (Å²) in [6.07, 6.45) is -2.24. The Labute approximate surface area is 256 Å². The van der Waals surface area contributed by atoms with Crippen molar-refractivity contribution >= 4 is 0 Å². The van der Waals surface area contributed by atoms with Crippen molar-refractivity contribution < 1.29 is 57.6 Å². The minimum Gasteiger partial charge on any atom is -0.393 e. The number of likely N-dealkylation sites (N-methyl/N-ethyl adjacent to an activating group) is 3. The zero-order valence-electron chi connectivity index (χ0n) is 28.7. The lowest BCUT2D eigenvalue weighted by molar-refractivity contribution is -0.873. The van der Waals surface area contributed by atoms with Gasteiger partial charge in [0.25, 0.3) is 0 Å². The van der Waals surface area contributed by atoms with Crippen molar-refractivity contribution in [3.05, 3.63) is 0 Å². The molecule has 4 N–H and O–H groups in total. The van der Waals surface area contributed by atoms with Gasteiger partial charge in [-0.25, -0.2) is 0 Å². The quantitative estimate of drug-likeness (QED) is 0.0960. The maximum Gasteiger partial charge on any atom is 0.126 e. The van der Waals surface area contributed by atoms with Crippen LogP contribution in [0.4, 0.5) is 0 Å². The summed E-state index contributed by atoms with van der Waals surface area (Å²) in [5.41, 5.74) is 0. The van der Waals surface area contributed by atoms with Crippen LogP contribution in [-0.4, -0.2) is 206 Å². The molecule has 0 amide bonds. The fourth-order valence-corrected chi connectivity index (χ4v) is 4.55. The van der Waals surface area contributed by atoms with Crippen LogP contribution >= 0.6 is 0 Å². The highest BCUT2D eigenvalue weighted by Gasteiger charge is 2.24. The summed E-state index contributed by atoms with van der Waals surface area (Å²) < 4.78 is 31.8. The van der Waals surface area contributed by atoms with E-state index in [1.165, 1.54) is 0 Å². The lowest BCUT2D eigenvalue weighted by Gasteiger charge is -2.29. The molecule has 0 radical (unpaired) electrons. The average molecular weight is 615 g/mol. The van der Waals surface area contributed by atoms with Crippen LogP contribution in [0.3, 0.4) is 0 Å². The lowest BCUT2D eigenvalue weighted by Crippen LogP contribution is -2.44. The zero-order valence-corrected chi connectivity index (χ0v) is 28.7. The van der Waals surface area contributed by atoms with E-state index >= 15 is 0 Å². The van der Waals surface area contributed by atoms with Gasteiger partial charge in [-0.1, -0.05) is 6.92 Å². The average Bonchev–Trinajstić information content (AvgIpc) is 2.77. The second-order valence-electron chi connectivity index (χ2n) is 14.8. The lowest BCUT2D eigenvalue weighted by atomic mass is 10.1. The molecule has 0 aliphatic carbocycles. The summed E-state index contributed by atoms with van der Waals surface area (Å²) in [5.74, 6) is 0. The van der Waals surface area contributed by atoms with Crippen LogP contribution in [0.15, 0.2) is 0 Å². The number of aliphatic hydroxyl groups excluding tert-OH is 4. The molecule has 0 aromatic heterocycles. The van der Waals surface area contributed by atoms with E-state index in [0.29, 0.717) is 39.5 Å². The van der Waals surface area contributed by atoms with Crippen molar-refractivity contribution in [1.29, 1.82) is 0 Å². The highest BCUT2D eigenvalue weighted by Crippen LogP contribution is 2.13. The molecule has 0 aromatic carbocycles. The Morgan fingerprint density at radius 3 is 1.17 bits per heavy atom. The minimum absolute atomic E-state index is 0.166. The monoisotopic (exact) mass is 614 g/mol. The number of aliphatic hydroxyl groups is 4. The summed E-state index contributed by atoms with van der Waals surface area (Å²) in [5, 5.41) is 41.0. The molecule has 0 fully saturated rings.